The van der Waals surface area contributed by atoms with E-state index in [1.165, 1.54) is 37.6 Å². The lowest BCUT2D eigenvalue weighted by Gasteiger charge is -2.15. The molecule has 1 unspecified atom stereocenters. The second-order valence-electron chi connectivity index (χ2n) is 6.21. The van der Waals surface area contributed by atoms with E-state index in [2.05, 4.69) is 20.6 Å². The van der Waals surface area contributed by atoms with Gasteiger partial charge in [-0.05, 0) is 44.2 Å². The summed E-state index contributed by atoms with van der Waals surface area (Å²) in [5.41, 5.74) is 1.28. The molecule has 142 valence electrons. The van der Waals surface area contributed by atoms with Crippen LogP contribution in [0.25, 0.3) is 0 Å². The molecular formula is C18H20N4O4S. The van der Waals surface area contributed by atoms with E-state index in [0.29, 0.717) is 10.6 Å². The SMILES string of the molecule is CC(=O)Nc1sc2c(c1C(=O)OC(C)C(=O)Nc1ncccn1)CCCC2. The number of hydrogen-bond acceptors (Lipinski definition) is 7. The number of aromatic nitrogens is 2. The number of fused-ring (bicyclic) bond motifs is 1. The monoisotopic (exact) mass is 388 g/mol. The summed E-state index contributed by atoms with van der Waals surface area (Å²) in [5.74, 6) is -1.26. The number of carbonyl (C=O) groups is 3. The number of esters is 1. The van der Waals surface area contributed by atoms with E-state index in [0.717, 1.165) is 36.1 Å². The van der Waals surface area contributed by atoms with E-state index in [9.17, 15) is 14.4 Å². The highest BCUT2D eigenvalue weighted by Crippen LogP contribution is 2.38. The summed E-state index contributed by atoms with van der Waals surface area (Å²) < 4.78 is 5.37. The first-order valence-corrected chi connectivity index (χ1v) is 9.48. The molecule has 0 fully saturated rings. The molecule has 27 heavy (non-hydrogen) atoms. The van der Waals surface area contributed by atoms with Gasteiger partial charge in [0.15, 0.2) is 6.10 Å². The molecule has 2 heterocycles. The predicted molar refractivity (Wildman–Crippen MR) is 101 cm³/mol. The van der Waals surface area contributed by atoms with Gasteiger partial charge in [0.05, 0.1) is 5.56 Å². The van der Waals surface area contributed by atoms with Crippen molar-refractivity contribution in [3.8, 4) is 0 Å². The number of hydrogen-bond donors (Lipinski definition) is 2. The summed E-state index contributed by atoms with van der Waals surface area (Å²) in [6, 6.07) is 1.63. The molecule has 2 aromatic rings. The molecule has 3 rings (SSSR count). The molecule has 0 aliphatic heterocycles. The Balaban J connectivity index is 1.76. The van der Waals surface area contributed by atoms with E-state index in [1.54, 1.807) is 6.07 Å². The molecule has 0 spiro atoms. The maximum atomic E-state index is 12.8. The van der Waals surface area contributed by atoms with Crippen molar-refractivity contribution >= 4 is 40.1 Å². The Morgan fingerprint density at radius 3 is 2.56 bits per heavy atom. The molecule has 0 saturated heterocycles. The minimum atomic E-state index is -1.04. The predicted octanol–water partition coefficient (Wildman–Crippen LogP) is 2.56. The summed E-state index contributed by atoms with van der Waals surface area (Å²) in [4.78, 5) is 45.4. The highest BCUT2D eigenvalue weighted by molar-refractivity contribution is 7.17. The number of amides is 2. The third kappa shape index (κ3) is 4.48. The third-order valence-electron chi connectivity index (χ3n) is 4.12. The number of nitrogens with zero attached hydrogens (tertiary/aromatic N) is 2. The van der Waals surface area contributed by atoms with E-state index >= 15 is 0 Å². The summed E-state index contributed by atoms with van der Waals surface area (Å²) in [7, 11) is 0. The summed E-state index contributed by atoms with van der Waals surface area (Å²) >= 11 is 1.40. The fourth-order valence-electron chi connectivity index (χ4n) is 2.88. The number of carbonyl (C=O) groups excluding carboxylic acids is 3. The first-order chi connectivity index (χ1) is 13.0. The molecule has 8 nitrogen and oxygen atoms in total. The van der Waals surface area contributed by atoms with E-state index in [4.69, 9.17) is 4.74 Å². The van der Waals surface area contributed by atoms with Crippen molar-refractivity contribution in [2.24, 2.45) is 0 Å². The van der Waals surface area contributed by atoms with Gasteiger partial charge in [0, 0.05) is 24.2 Å². The van der Waals surface area contributed by atoms with Crippen LogP contribution in [0, 0.1) is 0 Å². The van der Waals surface area contributed by atoms with Crippen LogP contribution in [-0.4, -0.2) is 33.9 Å². The third-order valence-corrected chi connectivity index (χ3v) is 5.33. The van der Waals surface area contributed by atoms with Gasteiger partial charge in [0.2, 0.25) is 11.9 Å². The minimum Gasteiger partial charge on any atom is -0.449 e. The van der Waals surface area contributed by atoms with Gasteiger partial charge < -0.3 is 10.1 Å². The van der Waals surface area contributed by atoms with Gasteiger partial charge in [-0.25, -0.2) is 14.8 Å². The van der Waals surface area contributed by atoms with Crippen LogP contribution in [0.4, 0.5) is 10.9 Å². The quantitative estimate of drug-likeness (QED) is 0.762. The van der Waals surface area contributed by atoms with Crippen LogP contribution in [-0.2, 0) is 27.2 Å². The first kappa shape index (κ1) is 19.0. The fourth-order valence-corrected chi connectivity index (χ4v) is 4.20. The zero-order valence-corrected chi connectivity index (χ0v) is 15.9. The summed E-state index contributed by atoms with van der Waals surface area (Å²) in [6.45, 7) is 2.87. The Hall–Kier alpha value is -2.81. The standard InChI is InChI=1S/C18H20N4O4S/c1-10(15(24)22-18-19-8-5-9-20-18)26-17(25)14-12-6-3-4-7-13(12)27-16(14)21-11(2)23/h5,8-10H,3-4,6-7H2,1-2H3,(H,21,23)(H,19,20,22,24). The Labute approximate surface area is 160 Å². The molecule has 2 amide bonds. The van der Waals surface area contributed by atoms with Gasteiger partial charge in [-0.3, -0.25) is 14.9 Å². The average Bonchev–Trinajstić information content (AvgIpc) is 2.99. The van der Waals surface area contributed by atoms with Crippen LogP contribution >= 0.6 is 11.3 Å². The normalized spacial score (nSPS) is 14.0. The molecule has 0 bridgehead atoms. The number of nitrogens with one attached hydrogen (secondary N) is 2. The number of anilines is 2. The Bertz CT molecular complexity index is 866. The van der Waals surface area contributed by atoms with Gasteiger partial charge >= 0.3 is 5.97 Å². The topological polar surface area (TPSA) is 110 Å². The van der Waals surface area contributed by atoms with Crippen molar-refractivity contribution in [3.05, 3.63) is 34.5 Å². The number of ether oxygens (including phenoxy) is 1. The maximum Gasteiger partial charge on any atom is 0.342 e. The van der Waals surface area contributed by atoms with Crippen LogP contribution in [0.5, 0.6) is 0 Å². The van der Waals surface area contributed by atoms with Gasteiger partial charge in [0.25, 0.3) is 5.91 Å². The summed E-state index contributed by atoms with van der Waals surface area (Å²) in [6.07, 6.45) is 5.62. The van der Waals surface area contributed by atoms with Crippen LogP contribution in [0.2, 0.25) is 0 Å². The fraction of sp³-hybridized carbons (Fsp3) is 0.389. The van der Waals surface area contributed by atoms with Gasteiger partial charge in [0.1, 0.15) is 5.00 Å². The van der Waals surface area contributed by atoms with Crippen molar-refractivity contribution in [2.75, 3.05) is 10.6 Å². The molecule has 0 aromatic carbocycles. The number of aryl methyl sites for hydroxylation is 1. The van der Waals surface area contributed by atoms with Gasteiger partial charge in [-0.15, -0.1) is 11.3 Å². The van der Waals surface area contributed by atoms with Crippen molar-refractivity contribution in [1.82, 2.24) is 9.97 Å². The zero-order valence-electron chi connectivity index (χ0n) is 15.1. The highest BCUT2D eigenvalue weighted by atomic mass is 32.1. The average molecular weight is 388 g/mol. The van der Waals surface area contributed by atoms with Crippen molar-refractivity contribution in [3.63, 3.8) is 0 Å². The largest absolute Gasteiger partial charge is 0.449 e. The molecule has 1 aliphatic rings. The minimum absolute atomic E-state index is 0.136. The first-order valence-electron chi connectivity index (χ1n) is 8.66. The number of rotatable bonds is 5. The molecule has 0 saturated carbocycles. The lowest BCUT2D eigenvalue weighted by molar-refractivity contribution is -0.123. The Kier molecular flexibility index (Phi) is 5.80. The van der Waals surface area contributed by atoms with Crippen LogP contribution in [0.1, 0.15) is 47.5 Å². The lowest BCUT2D eigenvalue weighted by Crippen LogP contribution is -2.31. The highest BCUT2D eigenvalue weighted by Gasteiger charge is 2.29. The van der Waals surface area contributed by atoms with Crippen molar-refractivity contribution in [2.45, 2.75) is 45.6 Å². The molecule has 1 atom stereocenters. The van der Waals surface area contributed by atoms with Gasteiger partial charge in [-0.2, -0.15) is 0 Å². The molecule has 2 N–H and O–H groups in total. The Morgan fingerprint density at radius 1 is 1.15 bits per heavy atom. The van der Waals surface area contributed by atoms with E-state index < -0.39 is 18.0 Å². The Morgan fingerprint density at radius 2 is 1.85 bits per heavy atom. The molecule has 2 aromatic heterocycles. The summed E-state index contributed by atoms with van der Waals surface area (Å²) in [5, 5.41) is 5.69. The second-order valence-corrected chi connectivity index (χ2v) is 7.31. The van der Waals surface area contributed by atoms with E-state index in [1.807, 2.05) is 0 Å². The molecule has 0 radical (unpaired) electrons. The van der Waals surface area contributed by atoms with Crippen molar-refractivity contribution in [1.29, 1.82) is 0 Å². The lowest BCUT2D eigenvalue weighted by atomic mass is 9.95. The maximum absolute atomic E-state index is 12.8. The van der Waals surface area contributed by atoms with Crippen LogP contribution in [0.15, 0.2) is 18.5 Å². The smallest absolute Gasteiger partial charge is 0.342 e. The van der Waals surface area contributed by atoms with Gasteiger partial charge in [-0.1, -0.05) is 0 Å². The zero-order chi connectivity index (χ0) is 19.4. The number of thiophene rings is 1. The second kappa shape index (κ2) is 8.26. The molecule has 9 heteroatoms. The van der Waals surface area contributed by atoms with E-state index in [-0.39, 0.29) is 11.9 Å². The van der Waals surface area contributed by atoms with Crippen LogP contribution < -0.4 is 10.6 Å². The van der Waals surface area contributed by atoms with Crippen LogP contribution in [0.3, 0.4) is 0 Å². The van der Waals surface area contributed by atoms with Crippen molar-refractivity contribution < 1.29 is 19.1 Å². The molecule has 1 aliphatic carbocycles. The molecular weight excluding hydrogens is 368 g/mol.